The molecular formula is C15H20BNO4. The van der Waals surface area contributed by atoms with E-state index in [1.807, 2.05) is 27.7 Å². The van der Waals surface area contributed by atoms with Gasteiger partial charge in [0.2, 0.25) is 0 Å². The van der Waals surface area contributed by atoms with Crippen LogP contribution >= 0.6 is 0 Å². The van der Waals surface area contributed by atoms with E-state index >= 15 is 0 Å². The van der Waals surface area contributed by atoms with Crippen LogP contribution in [0.1, 0.15) is 37.4 Å². The third-order valence-corrected chi connectivity index (χ3v) is 4.40. The molecule has 0 aliphatic carbocycles. The zero-order chi connectivity index (χ0) is 17.9. The van der Waals surface area contributed by atoms with Crippen LogP contribution in [0.5, 0.6) is 0 Å². The molecule has 0 saturated carbocycles. The summed E-state index contributed by atoms with van der Waals surface area (Å²) in [6.07, 6.45) is -0.870. The lowest BCUT2D eigenvalue weighted by Gasteiger charge is -2.32. The largest absolute Gasteiger partial charge is 0.494 e. The summed E-state index contributed by atoms with van der Waals surface area (Å²) >= 11 is 0. The molecule has 0 aromatic heterocycles. The lowest BCUT2D eigenvalue weighted by Crippen LogP contribution is -2.41. The number of hydrogen-bond acceptors (Lipinski definition) is 4. The van der Waals surface area contributed by atoms with Crippen LogP contribution in [0, 0.1) is 0 Å². The number of carbonyl (C=O) groups excluding carboxylic acids is 1. The molecule has 21 heavy (non-hydrogen) atoms. The molecule has 2 aliphatic heterocycles. The van der Waals surface area contributed by atoms with E-state index in [1.165, 1.54) is 0 Å². The molecule has 0 unspecified atom stereocenters. The van der Waals surface area contributed by atoms with E-state index in [2.05, 4.69) is 0 Å². The second-order valence-corrected chi connectivity index (χ2v) is 6.37. The summed E-state index contributed by atoms with van der Waals surface area (Å²) in [6, 6.07) is 5.09. The number of anilines is 1. The Labute approximate surface area is 129 Å². The Morgan fingerprint density at radius 1 is 1.24 bits per heavy atom. The minimum Gasteiger partial charge on any atom is -0.444 e. The fourth-order valence-corrected chi connectivity index (χ4v) is 2.37. The van der Waals surface area contributed by atoms with E-state index in [4.69, 9.17) is 18.2 Å². The van der Waals surface area contributed by atoms with Crippen molar-refractivity contribution in [3.8, 4) is 0 Å². The summed E-state index contributed by atoms with van der Waals surface area (Å²) in [7, 11) is -0.556. The molecule has 1 saturated heterocycles. The Bertz CT molecular complexity index is 674. The van der Waals surface area contributed by atoms with Crippen LogP contribution in [0.15, 0.2) is 18.2 Å². The van der Waals surface area contributed by atoms with Crippen molar-refractivity contribution in [2.24, 2.45) is 0 Å². The molecule has 0 bridgehead atoms. The second-order valence-electron chi connectivity index (χ2n) is 6.37. The van der Waals surface area contributed by atoms with Gasteiger partial charge in [-0.3, -0.25) is 4.90 Å². The zero-order valence-electron chi connectivity index (χ0n) is 15.6. The maximum atomic E-state index is 11.8. The Morgan fingerprint density at radius 2 is 1.90 bits per heavy atom. The SMILES string of the molecule is [2H]C([2H])([2H])N1C(=O)OCc2cc(B3OC(C)(C)C(C)(C)O3)ccc21. The number of rotatable bonds is 1. The van der Waals surface area contributed by atoms with Crippen molar-refractivity contribution >= 4 is 24.4 Å². The fraction of sp³-hybridized carbons (Fsp3) is 0.533. The van der Waals surface area contributed by atoms with Gasteiger partial charge in [0, 0.05) is 16.7 Å². The Morgan fingerprint density at radius 3 is 2.52 bits per heavy atom. The molecule has 3 rings (SSSR count). The standard InChI is InChI=1S/C15H20BNO4/c1-14(2)15(3,4)21-16(20-14)11-6-7-12-10(8-11)9-19-13(18)17(12)5/h6-8H,9H2,1-5H3/i5D3. The van der Waals surface area contributed by atoms with E-state index in [-0.39, 0.29) is 6.61 Å². The van der Waals surface area contributed by atoms with Crippen LogP contribution in [0.25, 0.3) is 0 Å². The molecule has 0 radical (unpaired) electrons. The number of benzene rings is 1. The highest BCUT2D eigenvalue weighted by Gasteiger charge is 2.51. The number of cyclic esters (lactones) is 1. The van der Waals surface area contributed by atoms with Gasteiger partial charge >= 0.3 is 13.2 Å². The average molecular weight is 292 g/mol. The normalized spacial score (nSPS) is 25.7. The van der Waals surface area contributed by atoms with Crippen molar-refractivity contribution in [2.75, 3.05) is 11.9 Å². The number of hydrogen-bond donors (Lipinski definition) is 0. The van der Waals surface area contributed by atoms with Gasteiger partial charge in [0.05, 0.1) is 16.9 Å². The number of ether oxygens (including phenoxy) is 1. The van der Waals surface area contributed by atoms with Crippen LogP contribution in [0.4, 0.5) is 10.5 Å². The molecule has 1 aromatic carbocycles. The highest BCUT2D eigenvalue weighted by molar-refractivity contribution is 6.62. The van der Waals surface area contributed by atoms with Gasteiger partial charge in [0.15, 0.2) is 0 Å². The van der Waals surface area contributed by atoms with E-state index in [0.717, 1.165) is 5.46 Å². The minimum absolute atomic E-state index is 0.0219. The number of carbonyl (C=O) groups is 1. The van der Waals surface area contributed by atoms with Crippen molar-refractivity contribution < 1.29 is 23.0 Å². The molecule has 112 valence electrons. The molecule has 1 amide bonds. The van der Waals surface area contributed by atoms with Crippen LogP contribution in [-0.2, 0) is 20.7 Å². The highest BCUT2D eigenvalue weighted by Crippen LogP contribution is 2.37. The molecule has 0 atom stereocenters. The quantitative estimate of drug-likeness (QED) is 0.743. The van der Waals surface area contributed by atoms with E-state index in [0.29, 0.717) is 16.2 Å². The zero-order valence-corrected chi connectivity index (χ0v) is 12.6. The van der Waals surface area contributed by atoms with Crippen molar-refractivity contribution in [1.82, 2.24) is 0 Å². The van der Waals surface area contributed by atoms with E-state index < -0.39 is 31.4 Å². The lowest BCUT2D eigenvalue weighted by molar-refractivity contribution is 0.00578. The summed E-state index contributed by atoms with van der Waals surface area (Å²) in [5.74, 6) is 0. The third-order valence-electron chi connectivity index (χ3n) is 4.40. The first-order valence-corrected chi connectivity index (χ1v) is 6.88. The summed E-state index contributed by atoms with van der Waals surface area (Å²) in [5, 5.41) is 0. The van der Waals surface area contributed by atoms with Crippen LogP contribution in [0.3, 0.4) is 0 Å². The van der Waals surface area contributed by atoms with Gasteiger partial charge in [0.25, 0.3) is 0 Å². The fourth-order valence-electron chi connectivity index (χ4n) is 2.37. The molecule has 2 heterocycles. The molecule has 6 heteroatoms. The van der Waals surface area contributed by atoms with Gasteiger partial charge in [-0.15, -0.1) is 0 Å². The molecule has 2 aliphatic rings. The first kappa shape index (κ1) is 11.1. The molecular weight excluding hydrogens is 269 g/mol. The molecule has 1 fully saturated rings. The van der Waals surface area contributed by atoms with Crippen molar-refractivity contribution in [2.45, 2.75) is 45.5 Å². The Balaban J connectivity index is 1.95. The van der Waals surface area contributed by atoms with Crippen LogP contribution in [0.2, 0.25) is 0 Å². The number of nitrogens with zero attached hydrogens (tertiary/aromatic N) is 1. The second kappa shape index (κ2) is 4.48. The van der Waals surface area contributed by atoms with E-state index in [1.54, 1.807) is 18.2 Å². The molecule has 0 N–H and O–H groups in total. The maximum absolute atomic E-state index is 11.8. The smallest absolute Gasteiger partial charge is 0.444 e. The van der Waals surface area contributed by atoms with Crippen LogP contribution < -0.4 is 10.4 Å². The number of amides is 1. The summed E-state index contributed by atoms with van der Waals surface area (Å²) in [4.78, 5) is 12.5. The summed E-state index contributed by atoms with van der Waals surface area (Å²) < 4.78 is 39.6. The van der Waals surface area contributed by atoms with Crippen molar-refractivity contribution in [1.29, 1.82) is 0 Å². The summed E-state index contributed by atoms with van der Waals surface area (Å²) in [6.45, 7) is 5.27. The maximum Gasteiger partial charge on any atom is 0.494 e. The van der Waals surface area contributed by atoms with Gasteiger partial charge < -0.3 is 14.0 Å². The molecule has 5 nitrogen and oxygen atoms in total. The van der Waals surface area contributed by atoms with Crippen molar-refractivity contribution in [3.63, 3.8) is 0 Å². The first-order valence-electron chi connectivity index (χ1n) is 8.38. The Hall–Kier alpha value is -1.53. The predicted octanol–water partition coefficient (Wildman–Crippen LogP) is 2.07. The monoisotopic (exact) mass is 292 g/mol. The highest BCUT2D eigenvalue weighted by atomic mass is 16.7. The van der Waals surface area contributed by atoms with Gasteiger partial charge in [-0.2, -0.15) is 0 Å². The van der Waals surface area contributed by atoms with Gasteiger partial charge in [0.1, 0.15) is 6.61 Å². The first-order chi connectivity index (χ1) is 10.9. The third kappa shape index (κ3) is 2.22. The predicted molar refractivity (Wildman–Crippen MR) is 80.7 cm³/mol. The van der Waals surface area contributed by atoms with Gasteiger partial charge in [-0.25, -0.2) is 4.79 Å². The lowest BCUT2D eigenvalue weighted by atomic mass is 9.78. The molecule has 0 spiro atoms. The topological polar surface area (TPSA) is 48.0 Å². The van der Waals surface area contributed by atoms with Crippen LogP contribution in [-0.4, -0.2) is 31.4 Å². The van der Waals surface area contributed by atoms with Crippen molar-refractivity contribution in [3.05, 3.63) is 23.8 Å². The average Bonchev–Trinajstić information content (AvgIpc) is 2.65. The number of fused-ring (bicyclic) bond motifs is 1. The van der Waals surface area contributed by atoms with Gasteiger partial charge in [-0.1, -0.05) is 12.1 Å². The van der Waals surface area contributed by atoms with Gasteiger partial charge in [-0.05, 0) is 39.2 Å². The Kier molecular flexibility index (Phi) is 2.37. The molecule has 1 aromatic rings. The van der Waals surface area contributed by atoms with E-state index in [9.17, 15) is 4.79 Å². The summed E-state index contributed by atoms with van der Waals surface area (Å²) in [5.41, 5.74) is 0.760. The minimum atomic E-state index is -2.60.